The number of nitrogens with zero attached hydrogens (tertiary/aromatic N) is 2. The molecule has 36 heavy (non-hydrogen) atoms. The molecule has 5 heterocycles. The minimum Gasteiger partial charge on any atom is -0.492 e. The number of benzene rings is 2. The van der Waals surface area contributed by atoms with E-state index in [2.05, 4.69) is 52.0 Å². The number of hydrogen-bond acceptors (Lipinski definition) is 7. The molecule has 0 saturated carbocycles. The molecule has 2 fully saturated rings. The molecule has 3 aromatic rings. The molecule has 1 spiro atoms. The van der Waals surface area contributed by atoms with Gasteiger partial charge in [0.15, 0.2) is 0 Å². The number of hydroxylamine groups is 2. The van der Waals surface area contributed by atoms with E-state index in [1.807, 2.05) is 11.3 Å². The first-order valence-electron chi connectivity index (χ1n) is 12.8. The summed E-state index contributed by atoms with van der Waals surface area (Å²) in [5.74, 6) is 0.522. The summed E-state index contributed by atoms with van der Waals surface area (Å²) in [5, 5.41) is 7.76. The number of carbonyl (C=O) groups excluding carboxylic acids is 2. The lowest BCUT2D eigenvalue weighted by Crippen LogP contribution is -2.52. The Kier molecular flexibility index (Phi) is 5.39. The number of fused-ring (bicyclic) bond motifs is 4. The Bertz CT molecular complexity index is 1360. The molecule has 186 valence electrons. The summed E-state index contributed by atoms with van der Waals surface area (Å²) in [6, 6.07) is 12.9. The summed E-state index contributed by atoms with van der Waals surface area (Å²) in [7, 11) is 0. The molecule has 7 nitrogen and oxygen atoms in total. The van der Waals surface area contributed by atoms with E-state index >= 15 is 0 Å². The normalized spacial score (nSPS) is 23.9. The highest BCUT2D eigenvalue weighted by Gasteiger charge is 2.44. The third kappa shape index (κ3) is 3.75. The standard InChI is InChI=1S/C28H29N3O4S/c32-26-5-4-23(27(33)29-26)31-15-19-12-22-24(13-20(19)16-35-31)34-17-28(22)7-9-30(10-8-28)14-18-2-1-3-25-21(18)6-11-36-25/h1-3,6,11-13,23H,4-5,7-10,14-17H2,(H,29,32,33). The summed E-state index contributed by atoms with van der Waals surface area (Å²) in [6.45, 7) is 4.77. The van der Waals surface area contributed by atoms with E-state index in [9.17, 15) is 9.59 Å². The van der Waals surface area contributed by atoms with Gasteiger partial charge < -0.3 is 4.74 Å². The van der Waals surface area contributed by atoms with Crippen LogP contribution < -0.4 is 10.1 Å². The predicted octanol–water partition coefficient (Wildman–Crippen LogP) is 3.88. The lowest BCUT2D eigenvalue weighted by Gasteiger charge is -2.39. The molecule has 1 aromatic heterocycles. The second-order valence-corrected chi connectivity index (χ2v) is 11.5. The zero-order valence-corrected chi connectivity index (χ0v) is 20.9. The average Bonchev–Trinajstić information content (AvgIpc) is 3.50. The van der Waals surface area contributed by atoms with Crippen LogP contribution >= 0.6 is 11.3 Å². The highest BCUT2D eigenvalue weighted by molar-refractivity contribution is 7.17. The van der Waals surface area contributed by atoms with E-state index in [1.54, 1.807) is 5.06 Å². The van der Waals surface area contributed by atoms with Gasteiger partial charge in [0.1, 0.15) is 11.8 Å². The molecule has 1 N–H and O–H groups in total. The zero-order chi connectivity index (χ0) is 24.3. The Hall–Kier alpha value is -2.78. The predicted molar refractivity (Wildman–Crippen MR) is 136 cm³/mol. The largest absolute Gasteiger partial charge is 0.492 e. The van der Waals surface area contributed by atoms with Gasteiger partial charge >= 0.3 is 0 Å². The van der Waals surface area contributed by atoms with Crippen LogP contribution in [0.4, 0.5) is 0 Å². The van der Waals surface area contributed by atoms with Crippen molar-refractivity contribution in [2.75, 3.05) is 19.7 Å². The molecule has 0 radical (unpaired) electrons. The summed E-state index contributed by atoms with van der Waals surface area (Å²) in [4.78, 5) is 32.5. The average molecular weight is 504 g/mol. The van der Waals surface area contributed by atoms with E-state index in [-0.39, 0.29) is 17.2 Å². The Morgan fingerprint density at radius 1 is 1.11 bits per heavy atom. The Labute approximate surface area is 213 Å². The van der Waals surface area contributed by atoms with Gasteiger partial charge in [-0.05, 0) is 84.1 Å². The van der Waals surface area contributed by atoms with Gasteiger partial charge in [0.05, 0.1) is 19.8 Å². The van der Waals surface area contributed by atoms with Gasteiger partial charge in [-0.3, -0.25) is 24.6 Å². The summed E-state index contributed by atoms with van der Waals surface area (Å²) in [5.41, 5.74) is 5.09. The minimum atomic E-state index is -0.426. The van der Waals surface area contributed by atoms with Crippen LogP contribution in [0.5, 0.6) is 5.75 Å². The third-order valence-electron chi connectivity index (χ3n) is 8.44. The number of hydrogen-bond donors (Lipinski definition) is 1. The van der Waals surface area contributed by atoms with Crippen molar-refractivity contribution in [3.63, 3.8) is 0 Å². The number of carbonyl (C=O) groups is 2. The maximum Gasteiger partial charge on any atom is 0.246 e. The first-order chi connectivity index (χ1) is 17.6. The van der Waals surface area contributed by atoms with Gasteiger partial charge in [0.25, 0.3) is 0 Å². The van der Waals surface area contributed by atoms with Crippen LogP contribution in [0.1, 0.15) is 47.9 Å². The van der Waals surface area contributed by atoms with Crippen LogP contribution in [-0.2, 0) is 39.5 Å². The van der Waals surface area contributed by atoms with Crippen molar-refractivity contribution < 1.29 is 19.2 Å². The molecule has 7 rings (SSSR count). The molecule has 8 heteroatoms. The molecule has 2 amide bonds. The smallest absolute Gasteiger partial charge is 0.246 e. The van der Waals surface area contributed by atoms with Crippen LogP contribution in [0.25, 0.3) is 10.1 Å². The Morgan fingerprint density at radius 2 is 2.00 bits per heavy atom. The molecule has 0 aliphatic carbocycles. The maximum atomic E-state index is 12.4. The number of thiophene rings is 1. The van der Waals surface area contributed by atoms with Gasteiger partial charge in [-0.25, -0.2) is 0 Å². The van der Waals surface area contributed by atoms with Gasteiger partial charge in [0, 0.05) is 28.6 Å². The van der Waals surface area contributed by atoms with E-state index in [0.29, 0.717) is 26.0 Å². The lowest BCUT2D eigenvalue weighted by molar-refractivity contribution is -0.216. The fraction of sp³-hybridized carbons (Fsp3) is 0.429. The summed E-state index contributed by atoms with van der Waals surface area (Å²) in [6.07, 6.45) is 2.99. The van der Waals surface area contributed by atoms with E-state index in [0.717, 1.165) is 50.4 Å². The number of piperidine rings is 2. The van der Waals surface area contributed by atoms with Gasteiger partial charge in [0.2, 0.25) is 11.8 Å². The Balaban J connectivity index is 1.08. The molecule has 1 unspecified atom stereocenters. The first kappa shape index (κ1) is 22.4. The number of nitrogens with one attached hydrogen (secondary N) is 1. The fourth-order valence-corrected chi connectivity index (χ4v) is 7.12. The van der Waals surface area contributed by atoms with Crippen molar-refractivity contribution in [2.45, 2.75) is 56.8 Å². The van der Waals surface area contributed by atoms with Crippen molar-refractivity contribution in [2.24, 2.45) is 0 Å². The van der Waals surface area contributed by atoms with Crippen LogP contribution in [0.2, 0.25) is 0 Å². The molecule has 0 bridgehead atoms. The number of imide groups is 1. The number of amides is 2. The van der Waals surface area contributed by atoms with Gasteiger partial charge in [-0.2, -0.15) is 5.06 Å². The first-order valence-corrected chi connectivity index (χ1v) is 13.7. The highest BCUT2D eigenvalue weighted by atomic mass is 32.1. The van der Waals surface area contributed by atoms with Crippen molar-refractivity contribution in [3.05, 3.63) is 64.0 Å². The number of likely N-dealkylation sites (tertiary alicyclic amines) is 1. The minimum absolute atomic E-state index is 0.0486. The highest BCUT2D eigenvalue weighted by Crippen LogP contribution is 2.47. The van der Waals surface area contributed by atoms with E-state index in [1.165, 1.54) is 26.8 Å². The summed E-state index contributed by atoms with van der Waals surface area (Å²) >= 11 is 1.81. The van der Waals surface area contributed by atoms with Crippen LogP contribution in [-0.4, -0.2) is 47.5 Å². The topological polar surface area (TPSA) is 71.1 Å². The molecule has 4 aliphatic heterocycles. The molecule has 1 atom stereocenters. The van der Waals surface area contributed by atoms with Crippen LogP contribution in [0.3, 0.4) is 0 Å². The zero-order valence-electron chi connectivity index (χ0n) is 20.1. The fourth-order valence-electron chi connectivity index (χ4n) is 6.29. The van der Waals surface area contributed by atoms with Crippen molar-refractivity contribution in [1.82, 2.24) is 15.3 Å². The van der Waals surface area contributed by atoms with Crippen molar-refractivity contribution in [1.29, 1.82) is 0 Å². The lowest BCUT2D eigenvalue weighted by atomic mass is 9.73. The quantitative estimate of drug-likeness (QED) is 0.547. The molecular formula is C28H29N3O4S. The monoisotopic (exact) mass is 503 g/mol. The van der Waals surface area contributed by atoms with E-state index in [4.69, 9.17) is 9.57 Å². The van der Waals surface area contributed by atoms with Crippen LogP contribution in [0.15, 0.2) is 41.8 Å². The van der Waals surface area contributed by atoms with E-state index < -0.39 is 6.04 Å². The SMILES string of the molecule is O=C1CCC(N2Cc3cc4c(cc3CO2)OCC42CCN(Cc3cccc4sccc34)CC2)C(=O)N1. The molecule has 4 aliphatic rings. The number of rotatable bonds is 3. The maximum absolute atomic E-state index is 12.4. The molecule has 2 aromatic carbocycles. The van der Waals surface area contributed by atoms with Crippen LogP contribution in [0, 0.1) is 0 Å². The van der Waals surface area contributed by atoms with Crippen molar-refractivity contribution in [3.8, 4) is 5.75 Å². The Morgan fingerprint density at radius 3 is 2.86 bits per heavy atom. The second kappa shape index (κ2) is 8.66. The molecular weight excluding hydrogens is 474 g/mol. The second-order valence-electron chi connectivity index (χ2n) is 10.5. The van der Waals surface area contributed by atoms with Crippen molar-refractivity contribution >= 4 is 33.2 Å². The van der Waals surface area contributed by atoms with Gasteiger partial charge in [-0.15, -0.1) is 11.3 Å². The third-order valence-corrected chi connectivity index (χ3v) is 9.32. The molecule has 2 saturated heterocycles. The van der Waals surface area contributed by atoms with Gasteiger partial charge in [-0.1, -0.05) is 12.1 Å². The summed E-state index contributed by atoms with van der Waals surface area (Å²) < 4.78 is 7.60. The number of ether oxygens (including phenoxy) is 1.